The third-order valence-electron chi connectivity index (χ3n) is 6.15. The third kappa shape index (κ3) is 3.48. The summed E-state index contributed by atoms with van der Waals surface area (Å²) in [4.78, 5) is 6.03. The lowest BCUT2D eigenvalue weighted by molar-refractivity contribution is -0.0568. The summed E-state index contributed by atoms with van der Waals surface area (Å²) >= 11 is 1.65. The van der Waals surface area contributed by atoms with Gasteiger partial charge in [-0.3, -0.25) is 10.0 Å². The van der Waals surface area contributed by atoms with Crippen molar-refractivity contribution in [3.63, 3.8) is 0 Å². The molecular formula is C22H27N5O2S. The first-order valence-electron chi connectivity index (χ1n) is 10.2. The molecule has 2 aromatic rings. The Labute approximate surface area is 180 Å². The van der Waals surface area contributed by atoms with Crippen molar-refractivity contribution in [2.75, 3.05) is 31.6 Å². The standard InChI is InChI=1S/C22H27N5O2S/c1-14-6-7-18-17(8-14)22(27-20(28)26-18,24-11-21(23)12-29-13-21)16-9-15-4-2-3-5-19(15)30-25-10-16/h2-8,16,24-25H,9-13,23H2,1H3,(H2,26,27,28). The van der Waals surface area contributed by atoms with Gasteiger partial charge in [0.2, 0.25) is 0 Å². The van der Waals surface area contributed by atoms with Crippen LogP contribution in [0.25, 0.3) is 0 Å². The van der Waals surface area contributed by atoms with Gasteiger partial charge in [0.1, 0.15) is 5.66 Å². The number of fused-ring (bicyclic) bond motifs is 2. The van der Waals surface area contributed by atoms with Crippen molar-refractivity contribution in [3.8, 4) is 0 Å². The summed E-state index contributed by atoms with van der Waals surface area (Å²) in [5.74, 6) is 0.0584. The van der Waals surface area contributed by atoms with Crippen LogP contribution in [0.1, 0.15) is 16.7 Å². The Morgan fingerprint density at radius 2 is 2.13 bits per heavy atom. The van der Waals surface area contributed by atoms with Gasteiger partial charge in [0.15, 0.2) is 0 Å². The van der Waals surface area contributed by atoms with Gasteiger partial charge in [0.25, 0.3) is 6.02 Å². The molecule has 0 aromatic heterocycles. The molecule has 0 bridgehead atoms. The highest BCUT2D eigenvalue weighted by Gasteiger charge is 2.47. The molecule has 8 heteroatoms. The first-order valence-corrected chi connectivity index (χ1v) is 11.1. The maximum absolute atomic E-state index is 10.6. The van der Waals surface area contributed by atoms with E-state index in [1.807, 2.05) is 12.1 Å². The van der Waals surface area contributed by atoms with Crippen molar-refractivity contribution in [1.82, 2.24) is 10.0 Å². The molecule has 0 saturated carbocycles. The van der Waals surface area contributed by atoms with Gasteiger partial charge in [0, 0.05) is 35.2 Å². The number of aliphatic imine (C=N–C) groups is 1. The smallest absolute Gasteiger partial charge is 0.288 e. The van der Waals surface area contributed by atoms with Crippen LogP contribution in [0.3, 0.4) is 0 Å². The van der Waals surface area contributed by atoms with Crippen LogP contribution in [-0.2, 0) is 16.8 Å². The number of ether oxygens (including phenoxy) is 1. The number of nitrogens with zero attached hydrogens (tertiary/aromatic N) is 1. The number of aliphatic hydroxyl groups is 1. The highest BCUT2D eigenvalue weighted by atomic mass is 32.2. The maximum Gasteiger partial charge on any atom is 0.288 e. The first kappa shape index (κ1) is 19.8. The maximum atomic E-state index is 10.6. The molecule has 158 valence electrons. The molecule has 3 aliphatic rings. The second kappa shape index (κ2) is 7.55. The van der Waals surface area contributed by atoms with Gasteiger partial charge in [-0.2, -0.15) is 0 Å². The molecule has 2 unspecified atom stereocenters. The predicted octanol–water partition coefficient (Wildman–Crippen LogP) is 2.27. The van der Waals surface area contributed by atoms with Crippen LogP contribution < -0.4 is 21.1 Å². The third-order valence-corrected chi connectivity index (χ3v) is 7.07. The Balaban J connectivity index is 1.60. The molecule has 2 atom stereocenters. The van der Waals surface area contributed by atoms with E-state index in [0.717, 1.165) is 29.8 Å². The number of hydrogen-bond donors (Lipinski definition) is 5. The number of anilines is 1. The Hall–Kier alpha value is -2.10. The molecule has 7 nitrogen and oxygen atoms in total. The van der Waals surface area contributed by atoms with Gasteiger partial charge in [-0.1, -0.05) is 35.9 Å². The number of hydrogen-bond acceptors (Lipinski definition) is 7. The van der Waals surface area contributed by atoms with Crippen LogP contribution in [0.5, 0.6) is 0 Å². The molecule has 3 aliphatic heterocycles. The summed E-state index contributed by atoms with van der Waals surface area (Å²) in [6.07, 6.45) is 0.821. The normalized spacial score (nSPS) is 27.0. The van der Waals surface area contributed by atoms with Crippen LogP contribution in [0, 0.1) is 12.8 Å². The number of aryl methyl sites for hydroxylation is 1. The van der Waals surface area contributed by atoms with E-state index in [2.05, 4.69) is 52.6 Å². The van der Waals surface area contributed by atoms with Crippen LogP contribution in [-0.4, -0.2) is 43.0 Å². The predicted molar refractivity (Wildman–Crippen MR) is 120 cm³/mol. The Morgan fingerprint density at radius 3 is 2.93 bits per heavy atom. The molecule has 5 rings (SSSR count). The summed E-state index contributed by atoms with van der Waals surface area (Å²) in [6, 6.07) is 14.5. The van der Waals surface area contributed by atoms with Crippen molar-refractivity contribution in [3.05, 3.63) is 59.2 Å². The molecule has 30 heavy (non-hydrogen) atoms. The Bertz CT molecular complexity index is 993. The summed E-state index contributed by atoms with van der Waals surface area (Å²) in [5, 5.41) is 17.3. The number of benzene rings is 2. The first-order chi connectivity index (χ1) is 14.5. The SMILES string of the molecule is Cc1ccc2c(c1)C(NCC1(N)COC1)(C1CNSc3ccccc3C1)N=C(O)N2. The largest absolute Gasteiger partial charge is 0.481 e. The quantitative estimate of drug-likeness (QED) is 0.479. The van der Waals surface area contributed by atoms with Gasteiger partial charge < -0.3 is 20.9 Å². The molecule has 0 amide bonds. The van der Waals surface area contributed by atoms with E-state index in [0.29, 0.717) is 19.8 Å². The summed E-state index contributed by atoms with van der Waals surface area (Å²) < 4.78 is 8.86. The monoisotopic (exact) mass is 425 g/mol. The zero-order chi connectivity index (χ0) is 20.8. The lowest BCUT2D eigenvalue weighted by atomic mass is 9.79. The van der Waals surface area contributed by atoms with Crippen LogP contribution in [0.2, 0.25) is 0 Å². The van der Waals surface area contributed by atoms with Gasteiger partial charge in [-0.15, -0.1) is 0 Å². The Morgan fingerprint density at radius 1 is 1.30 bits per heavy atom. The summed E-state index contributed by atoms with van der Waals surface area (Å²) in [5.41, 5.74) is 9.54. The van der Waals surface area contributed by atoms with E-state index in [9.17, 15) is 5.11 Å². The lowest BCUT2D eigenvalue weighted by Gasteiger charge is -2.46. The fourth-order valence-electron chi connectivity index (χ4n) is 4.45. The number of rotatable bonds is 4. The van der Waals surface area contributed by atoms with Gasteiger partial charge >= 0.3 is 0 Å². The van der Waals surface area contributed by atoms with Crippen LogP contribution in [0.4, 0.5) is 5.69 Å². The number of amidine groups is 1. The molecular weight excluding hydrogens is 398 g/mol. The fraction of sp³-hybridized carbons (Fsp3) is 0.409. The van der Waals surface area contributed by atoms with E-state index < -0.39 is 11.2 Å². The fourth-order valence-corrected chi connectivity index (χ4v) is 5.32. The minimum absolute atomic E-state index is 0.0584. The molecule has 2 aromatic carbocycles. The molecule has 1 fully saturated rings. The highest BCUT2D eigenvalue weighted by molar-refractivity contribution is 7.97. The van der Waals surface area contributed by atoms with Gasteiger partial charge in [-0.25, -0.2) is 4.99 Å². The zero-order valence-electron chi connectivity index (χ0n) is 16.9. The number of aliphatic hydroxyl groups excluding tert-OH is 1. The van der Waals surface area contributed by atoms with Crippen molar-refractivity contribution in [1.29, 1.82) is 0 Å². The minimum Gasteiger partial charge on any atom is -0.481 e. The van der Waals surface area contributed by atoms with E-state index >= 15 is 0 Å². The second-order valence-electron chi connectivity index (χ2n) is 8.54. The summed E-state index contributed by atoms with van der Waals surface area (Å²) in [6.45, 7) is 4.38. The molecule has 0 aliphatic carbocycles. The van der Waals surface area contributed by atoms with Crippen LogP contribution in [0.15, 0.2) is 52.4 Å². The average Bonchev–Trinajstić information content (AvgIpc) is 2.94. The van der Waals surface area contributed by atoms with E-state index in [1.54, 1.807) is 11.9 Å². The zero-order valence-corrected chi connectivity index (χ0v) is 17.8. The average molecular weight is 426 g/mol. The van der Waals surface area contributed by atoms with Gasteiger partial charge in [0.05, 0.1) is 18.8 Å². The van der Waals surface area contributed by atoms with Crippen molar-refractivity contribution >= 4 is 23.7 Å². The van der Waals surface area contributed by atoms with Crippen LogP contribution >= 0.6 is 11.9 Å². The lowest BCUT2D eigenvalue weighted by Crippen LogP contribution is -2.66. The molecule has 3 heterocycles. The topological polar surface area (TPSA) is 104 Å². The van der Waals surface area contributed by atoms with Crippen molar-refractivity contribution in [2.24, 2.45) is 16.6 Å². The highest BCUT2D eigenvalue weighted by Crippen LogP contribution is 2.43. The van der Waals surface area contributed by atoms with Crippen molar-refractivity contribution < 1.29 is 9.84 Å². The van der Waals surface area contributed by atoms with Crippen molar-refractivity contribution in [2.45, 2.75) is 29.4 Å². The molecule has 0 spiro atoms. The minimum atomic E-state index is -0.816. The van der Waals surface area contributed by atoms with E-state index in [1.165, 1.54) is 10.5 Å². The van der Waals surface area contributed by atoms with E-state index in [-0.39, 0.29) is 11.9 Å². The number of nitrogens with one attached hydrogen (secondary N) is 3. The second-order valence-corrected chi connectivity index (χ2v) is 9.48. The molecule has 0 radical (unpaired) electrons. The molecule has 6 N–H and O–H groups in total. The number of nitrogens with two attached hydrogens (primary N) is 1. The van der Waals surface area contributed by atoms with Gasteiger partial charge in [-0.05, 0) is 43.0 Å². The summed E-state index contributed by atoms with van der Waals surface area (Å²) in [7, 11) is 0. The Kier molecular flexibility index (Phi) is 4.99. The van der Waals surface area contributed by atoms with E-state index in [4.69, 9.17) is 15.5 Å². The molecule has 1 saturated heterocycles.